The summed E-state index contributed by atoms with van der Waals surface area (Å²) in [6.07, 6.45) is -0.0656. The fourth-order valence-corrected chi connectivity index (χ4v) is 0.886. The van der Waals surface area contributed by atoms with E-state index < -0.39 is 5.82 Å². The van der Waals surface area contributed by atoms with Gasteiger partial charge >= 0.3 is 0 Å². The lowest BCUT2D eigenvalue weighted by Gasteiger charge is -2.12. The number of nitrogen functional groups attached to an aromatic ring is 1. The monoisotopic (exact) mass is 169 g/mol. The molecule has 0 heterocycles. The summed E-state index contributed by atoms with van der Waals surface area (Å²) in [6, 6.07) is 4.49. The molecule has 0 bridgehead atoms. The van der Waals surface area contributed by atoms with E-state index in [-0.39, 0.29) is 11.9 Å². The predicted molar refractivity (Wildman–Crippen MR) is 46.6 cm³/mol. The molecule has 0 spiro atoms. The summed E-state index contributed by atoms with van der Waals surface area (Å²) in [5.74, 6) is -0.267. The van der Waals surface area contributed by atoms with Crippen molar-refractivity contribution in [3.63, 3.8) is 0 Å². The third-order valence-corrected chi connectivity index (χ3v) is 1.35. The molecular weight excluding hydrogens is 157 g/mol. The minimum atomic E-state index is -0.413. The number of rotatable bonds is 2. The standard InChI is InChI=1S/C9H12FNO/c1-6(2)12-9-7(10)4-3-5-8(9)11/h3-6H,11H2,1-2H3. The molecule has 0 aromatic heterocycles. The number of anilines is 1. The maximum Gasteiger partial charge on any atom is 0.178 e. The van der Waals surface area contributed by atoms with Crippen LogP contribution in [0.1, 0.15) is 13.8 Å². The van der Waals surface area contributed by atoms with Gasteiger partial charge in [-0.25, -0.2) is 4.39 Å². The van der Waals surface area contributed by atoms with E-state index >= 15 is 0 Å². The molecule has 66 valence electrons. The molecule has 1 aromatic carbocycles. The van der Waals surface area contributed by atoms with Crippen LogP contribution in [0.5, 0.6) is 5.75 Å². The Labute approximate surface area is 71.1 Å². The van der Waals surface area contributed by atoms with Crippen LogP contribution in [0.3, 0.4) is 0 Å². The zero-order valence-electron chi connectivity index (χ0n) is 7.17. The molecule has 0 saturated carbocycles. The lowest BCUT2D eigenvalue weighted by atomic mass is 10.3. The number of hydrogen-bond acceptors (Lipinski definition) is 2. The fraction of sp³-hybridized carbons (Fsp3) is 0.333. The predicted octanol–water partition coefficient (Wildman–Crippen LogP) is 2.20. The highest BCUT2D eigenvalue weighted by atomic mass is 19.1. The summed E-state index contributed by atoms with van der Waals surface area (Å²) in [7, 11) is 0. The van der Waals surface area contributed by atoms with Gasteiger partial charge in [0.1, 0.15) is 0 Å². The Kier molecular flexibility index (Phi) is 2.53. The molecule has 0 fully saturated rings. The Balaban J connectivity index is 2.96. The van der Waals surface area contributed by atoms with Crippen molar-refractivity contribution in [2.75, 3.05) is 5.73 Å². The van der Waals surface area contributed by atoms with Crippen molar-refractivity contribution >= 4 is 5.69 Å². The summed E-state index contributed by atoms with van der Waals surface area (Å²) in [4.78, 5) is 0. The van der Waals surface area contributed by atoms with Gasteiger partial charge in [-0.05, 0) is 26.0 Å². The number of benzene rings is 1. The third-order valence-electron chi connectivity index (χ3n) is 1.35. The third kappa shape index (κ3) is 1.87. The molecule has 2 nitrogen and oxygen atoms in total. The molecular formula is C9H12FNO. The molecule has 1 aromatic rings. The van der Waals surface area contributed by atoms with E-state index in [0.717, 1.165) is 0 Å². The molecule has 0 amide bonds. The Morgan fingerprint density at radius 1 is 1.42 bits per heavy atom. The molecule has 2 N–H and O–H groups in total. The summed E-state index contributed by atoms with van der Waals surface area (Å²) >= 11 is 0. The van der Waals surface area contributed by atoms with Gasteiger partial charge in [-0.15, -0.1) is 0 Å². The van der Waals surface area contributed by atoms with Crippen LogP contribution in [0.4, 0.5) is 10.1 Å². The van der Waals surface area contributed by atoms with E-state index in [2.05, 4.69) is 0 Å². The molecule has 3 heteroatoms. The zero-order valence-corrected chi connectivity index (χ0v) is 7.17. The molecule has 0 aliphatic heterocycles. The van der Waals surface area contributed by atoms with Crippen molar-refractivity contribution in [3.8, 4) is 5.75 Å². The van der Waals surface area contributed by atoms with Crippen molar-refractivity contribution in [2.45, 2.75) is 20.0 Å². The van der Waals surface area contributed by atoms with E-state index in [1.807, 2.05) is 13.8 Å². The Morgan fingerprint density at radius 2 is 2.08 bits per heavy atom. The average Bonchev–Trinajstić information content (AvgIpc) is 1.97. The van der Waals surface area contributed by atoms with Crippen LogP contribution >= 0.6 is 0 Å². The summed E-state index contributed by atoms with van der Waals surface area (Å²) in [5, 5.41) is 0. The quantitative estimate of drug-likeness (QED) is 0.689. The topological polar surface area (TPSA) is 35.2 Å². The largest absolute Gasteiger partial charge is 0.486 e. The van der Waals surface area contributed by atoms with Crippen molar-refractivity contribution in [3.05, 3.63) is 24.0 Å². The Bertz CT molecular complexity index is 253. The minimum absolute atomic E-state index is 0.0656. The second-order valence-corrected chi connectivity index (χ2v) is 2.82. The second kappa shape index (κ2) is 3.43. The van der Waals surface area contributed by atoms with Crippen molar-refractivity contribution in [1.82, 2.24) is 0 Å². The van der Waals surface area contributed by atoms with Gasteiger partial charge in [-0.3, -0.25) is 0 Å². The first-order chi connectivity index (χ1) is 5.61. The van der Waals surface area contributed by atoms with Crippen LogP contribution in [0, 0.1) is 5.82 Å². The van der Waals surface area contributed by atoms with Crippen LogP contribution in [0.25, 0.3) is 0 Å². The molecule has 0 saturated heterocycles. The van der Waals surface area contributed by atoms with E-state index in [1.165, 1.54) is 6.07 Å². The first kappa shape index (κ1) is 8.84. The van der Waals surface area contributed by atoms with Crippen LogP contribution < -0.4 is 10.5 Å². The van der Waals surface area contributed by atoms with E-state index in [0.29, 0.717) is 5.69 Å². The normalized spacial score (nSPS) is 10.3. The van der Waals surface area contributed by atoms with E-state index in [9.17, 15) is 4.39 Å². The number of ether oxygens (including phenoxy) is 1. The van der Waals surface area contributed by atoms with Gasteiger partial charge in [0.25, 0.3) is 0 Å². The van der Waals surface area contributed by atoms with Gasteiger partial charge in [0.05, 0.1) is 11.8 Å². The van der Waals surface area contributed by atoms with Crippen LogP contribution in [-0.2, 0) is 0 Å². The smallest absolute Gasteiger partial charge is 0.178 e. The van der Waals surface area contributed by atoms with Crippen molar-refractivity contribution in [2.24, 2.45) is 0 Å². The molecule has 12 heavy (non-hydrogen) atoms. The highest BCUT2D eigenvalue weighted by molar-refractivity contribution is 5.52. The zero-order chi connectivity index (χ0) is 9.14. The first-order valence-corrected chi connectivity index (χ1v) is 3.82. The van der Waals surface area contributed by atoms with Crippen molar-refractivity contribution in [1.29, 1.82) is 0 Å². The summed E-state index contributed by atoms with van der Waals surface area (Å²) < 4.78 is 18.2. The fourth-order valence-electron chi connectivity index (χ4n) is 0.886. The lowest BCUT2D eigenvalue weighted by Crippen LogP contribution is -2.08. The highest BCUT2D eigenvalue weighted by Crippen LogP contribution is 2.25. The van der Waals surface area contributed by atoms with Gasteiger partial charge in [0.15, 0.2) is 11.6 Å². The SMILES string of the molecule is CC(C)Oc1c(N)cccc1F. The molecule has 0 aliphatic carbocycles. The number of para-hydroxylation sites is 1. The molecule has 0 radical (unpaired) electrons. The summed E-state index contributed by atoms with van der Waals surface area (Å²) in [6.45, 7) is 3.65. The van der Waals surface area contributed by atoms with E-state index in [4.69, 9.17) is 10.5 Å². The molecule has 1 rings (SSSR count). The van der Waals surface area contributed by atoms with Gasteiger partial charge in [-0.2, -0.15) is 0 Å². The number of nitrogens with two attached hydrogens (primary N) is 1. The van der Waals surface area contributed by atoms with Gasteiger partial charge in [-0.1, -0.05) is 6.07 Å². The second-order valence-electron chi connectivity index (χ2n) is 2.82. The summed E-state index contributed by atoms with van der Waals surface area (Å²) in [5.41, 5.74) is 5.84. The molecule has 0 unspecified atom stereocenters. The van der Waals surface area contributed by atoms with Gasteiger partial charge in [0, 0.05) is 0 Å². The molecule has 0 aliphatic rings. The van der Waals surface area contributed by atoms with Crippen LogP contribution in [0.15, 0.2) is 18.2 Å². The maximum atomic E-state index is 13.0. The maximum absolute atomic E-state index is 13.0. The van der Waals surface area contributed by atoms with Crippen LogP contribution in [-0.4, -0.2) is 6.10 Å². The van der Waals surface area contributed by atoms with E-state index in [1.54, 1.807) is 12.1 Å². The lowest BCUT2D eigenvalue weighted by molar-refractivity contribution is 0.233. The minimum Gasteiger partial charge on any atom is -0.486 e. The first-order valence-electron chi connectivity index (χ1n) is 3.82. The van der Waals surface area contributed by atoms with Gasteiger partial charge in [0.2, 0.25) is 0 Å². The average molecular weight is 169 g/mol. The van der Waals surface area contributed by atoms with Crippen LogP contribution in [0.2, 0.25) is 0 Å². The van der Waals surface area contributed by atoms with Gasteiger partial charge < -0.3 is 10.5 Å². The Morgan fingerprint density at radius 3 is 2.58 bits per heavy atom. The highest BCUT2D eigenvalue weighted by Gasteiger charge is 2.07. The number of hydrogen-bond donors (Lipinski definition) is 1. The van der Waals surface area contributed by atoms with Crippen molar-refractivity contribution < 1.29 is 9.13 Å². The number of halogens is 1. The Hall–Kier alpha value is -1.25. The molecule has 0 atom stereocenters.